The fraction of sp³-hybridized carbons (Fsp3) is 0. The number of hydrogen-bond donors (Lipinski definition) is 0. The van der Waals surface area contributed by atoms with Gasteiger partial charge in [-0.2, -0.15) is 0 Å². The molecule has 0 saturated carbocycles. The van der Waals surface area contributed by atoms with E-state index < -0.39 is 0 Å². The fourth-order valence-electron chi connectivity index (χ4n) is 7.92. The van der Waals surface area contributed by atoms with Crippen LogP contribution >= 0.6 is 0 Å². The van der Waals surface area contributed by atoms with Gasteiger partial charge in [-0.15, -0.1) is 0 Å². The third-order valence-corrected chi connectivity index (χ3v) is 10.6. The summed E-state index contributed by atoms with van der Waals surface area (Å²) in [6.45, 7) is 0. The highest BCUT2D eigenvalue weighted by Crippen LogP contribution is 2.38. The molecule has 0 atom stereocenters. The molecule has 0 amide bonds. The van der Waals surface area contributed by atoms with Gasteiger partial charge in [0.05, 0.1) is 11.0 Å². The van der Waals surface area contributed by atoms with Crippen LogP contribution in [0.4, 0.5) is 0 Å². The molecule has 0 aliphatic rings. The highest BCUT2D eigenvalue weighted by atomic mass is 16.3. The SMILES string of the molecule is c1ccc(-c2cccc(-c3ccc4c(c3)oc3cc(-n5c6ccccc6c6cc(-c7nc(-c8ccccc8)nc(-c8ccccc8)n7)ccc65)ccc34)c2)cc1. The summed E-state index contributed by atoms with van der Waals surface area (Å²) in [4.78, 5) is 14.9. The van der Waals surface area contributed by atoms with Crippen LogP contribution in [0.5, 0.6) is 0 Å². The Hall–Kier alpha value is -7.63. The number of fused-ring (bicyclic) bond motifs is 6. The molecule has 0 aliphatic carbocycles. The molecule has 0 fully saturated rings. The van der Waals surface area contributed by atoms with E-state index in [9.17, 15) is 0 Å². The number of rotatable bonds is 6. The van der Waals surface area contributed by atoms with Crippen LogP contribution in [-0.2, 0) is 0 Å². The smallest absolute Gasteiger partial charge is 0.164 e. The highest BCUT2D eigenvalue weighted by molar-refractivity contribution is 6.11. The molecule has 0 aliphatic heterocycles. The van der Waals surface area contributed by atoms with Crippen molar-refractivity contribution in [3.05, 3.63) is 194 Å². The quantitative estimate of drug-likeness (QED) is 0.172. The maximum absolute atomic E-state index is 6.63. The van der Waals surface area contributed by atoms with E-state index in [1.807, 2.05) is 66.7 Å². The van der Waals surface area contributed by atoms with Crippen molar-refractivity contribution in [1.29, 1.82) is 0 Å². The van der Waals surface area contributed by atoms with Crippen molar-refractivity contribution in [1.82, 2.24) is 19.5 Å². The standard InChI is InChI=1S/C51H32N4O/c1-4-13-33(14-5-1)36-19-12-20-37(29-36)38-23-26-42-43-27-25-40(32-48(43)56-47(42)31-38)55-45-22-11-10-21-41(45)44-30-39(24-28-46(44)55)51-53-49(34-15-6-2-7-16-34)52-50(54-51)35-17-8-3-9-18-35/h1-32H. The summed E-state index contributed by atoms with van der Waals surface area (Å²) in [5, 5.41) is 4.46. The summed E-state index contributed by atoms with van der Waals surface area (Å²) in [6, 6.07) is 67.5. The molecular formula is C51H32N4O. The van der Waals surface area contributed by atoms with Gasteiger partial charge in [0.2, 0.25) is 0 Å². The zero-order chi connectivity index (χ0) is 37.0. The number of nitrogens with zero attached hydrogens (tertiary/aromatic N) is 4. The van der Waals surface area contributed by atoms with Gasteiger partial charge in [-0.1, -0.05) is 133 Å². The number of furan rings is 1. The molecule has 3 aromatic heterocycles. The van der Waals surface area contributed by atoms with Crippen LogP contribution in [0.25, 0.3) is 106 Å². The van der Waals surface area contributed by atoms with Gasteiger partial charge in [0.1, 0.15) is 11.2 Å². The molecule has 262 valence electrons. The number of para-hydroxylation sites is 1. The average molecular weight is 717 g/mol. The number of benzene rings is 8. The minimum Gasteiger partial charge on any atom is -0.456 e. The van der Waals surface area contributed by atoms with E-state index in [2.05, 4.69) is 132 Å². The molecule has 0 radical (unpaired) electrons. The average Bonchev–Trinajstić information content (AvgIpc) is 3.81. The Morgan fingerprint density at radius 1 is 0.304 bits per heavy atom. The highest BCUT2D eigenvalue weighted by Gasteiger charge is 2.18. The number of aromatic nitrogens is 4. The van der Waals surface area contributed by atoms with Gasteiger partial charge < -0.3 is 8.98 Å². The predicted octanol–water partition coefficient (Wildman–Crippen LogP) is 13.2. The predicted molar refractivity (Wildman–Crippen MR) is 229 cm³/mol. The number of hydrogen-bond acceptors (Lipinski definition) is 4. The van der Waals surface area contributed by atoms with Gasteiger partial charge in [0.15, 0.2) is 17.5 Å². The first kappa shape index (κ1) is 31.9. The molecular weight excluding hydrogens is 685 g/mol. The second-order valence-corrected chi connectivity index (χ2v) is 14.1. The van der Waals surface area contributed by atoms with E-state index in [-0.39, 0.29) is 0 Å². The summed E-state index contributed by atoms with van der Waals surface area (Å²) in [6.07, 6.45) is 0. The summed E-state index contributed by atoms with van der Waals surface area (Å²) >= 11 is 0. The van der Waals surface area contributed by atoms with Gasteiger partial charge in [-0.05, 0) is 76.9 Å². The lowest BCUT2D eigenvalue weighted by atomic mass is 9.98. The first-order valence-electron chi connectivity index (χ1n) is 18.8. The van der Waals surface area contributed by atoms with Crippen molar-refractivity contribution in [2.45, 2.75) is 0 Å². The van der Waals surface area contributed by atoms with E-state index in [0.29, 0.717) is 17.5 Å². The Kier molecular flexibility index (Phi) is 7.42. The molecule has 11 aromatic rings. The lowest BCUT2D eigenvalue weighted by Crippen LogP contribution is -2.00. The van der Waals surface area contributed by atoms with Crippen LogP contribution in [-0.4, -0.2) is 19.5 Å². The topological polar surface area (TPSA) is 56.7 Å². The lowest BCUT2D eigenvalue weighted by molar-refractivity contribution is 0.669. The van der Waals surface area contributed by atoms with Crippen LogP contribution in [0.3, 0.4) is 0 Å². The van der Waals surface area contributed by atoms with Crippen molar-refractivity contribution in [2.24, 2.45) is 0 Å². The van der Waals surface area contributed by atoms with Crippen LogP contribution < -0.4 is 0 Å². The Balaban J connectivity index is 1.02. The molecule has 3 heterocycles. The second kappa shape index (κ2) is 13.0. The summed E-state index contributed by atoms with van der Waals surface area (Å²) < 4.78 is 8.95. The molecule has 0 unspecified atom stereocenters. The summed E-state index contributed by atoms with van der Waals surface area (Å²) in [5.74, 6) is 1.92. The Morgan fingerprint density at radius 3 is 1.50 bits per heavy atom. The molecule has 56 heavy (non-hydrogen) atoms. The molecule has 5 nitrogen and oxygen atoms in total. The molecule has 0 bridgehead atoms. The molecule has 11 rings (SSSR count). The van der Waals surface area contributed by atoms with Crippen molar-refractivity contribution in [3.8, 4) is 62.1 Å². The van der Waals surface area contributed by atoms with Gasteiger partial charge in [-0.3, -0.25) is 0 Å². The van der Waals surface area contributed by atoms with Crippen molar-refractivity contribution < 1.29 is 4.42 Å². The summed E-state index contributed by atoms with van der Waals surface area (Å²) in [5.41, 5.74) is 12.4. The van der Waals surface area contributed by atoms with E-state index in [4.69, 9.17) is 19.4 Å². The van der Waals surface area contributed by atoms with Gasteiger partial charge in [-0.25, -0.2) is 15.0 Å². The fourth-order valence-corrected chi connectivity index (χ4v) is 7.92. The molecule has 0 N–H and O–H groups in total. The third kappa shape index (κ3) is 5.45. The molecule has 5 heteroatoms. The maximum Gasteiger partial charge on any atom is 0.164 e. The van der Waals surface area contributed by atoms with Gasteiger partial charge in [0, 0.05) is 50.0 Å². The van der Waals surface area contributed by atoms with Crippen molar-refractivity contribution >= 4 is 43.7 Å². The molecule has 8 aromatic carbocycles. The first-order chi connectivity index (χ1) is 27.7. The van der Waals surface area contributed by atoms with Crippen LogP contribution in [0.2, 0.25) is 0 Å². The largest absolute Gasteiger partial charge is 0.456 e. The van der Waals surface area contributed by atoms with Crippen molar-refractivity contribution in [3.63, 3.8) is 0 Å². The molecule has 0 spiro atoms. The first-order valence-corrected chi connectivity index (χ1v) is 18.8. The van der Waals surface area contributed by atoms with Gasteiger partial charge in [0.25, 0.3) is 0 Å². The minimum atomic E-state index is 0.631. The molecule has 0 saturated heterocycles. The monoisotopic (exact) mass is 716 g/mol. The van der Waals surface area contributed by atoms with E-state index in [1.165, 1.54) is 11.1 Å². The zero-order valence-corrected chi connectivity index (χ0v) is 30.2. The van der Waals surface area contributed by atoms with Gasteiger partial charge >= 0.3 is 0 Å². The van der Waals surface area contributed by atoms with Crippen LogP contribution in [0.1, 0.15) is 0 Å². The van der Waals surface area contributed by atoms with E-state index in [0.717, 1.165) is 77.2 Å². The normalized spacial score (nSPS) is 11.6. The lowest BCUT2D eigenvalue weighted by Gasteiger charge is -2.10. The minimum absolute atomic E-state index is 0.631. The summed E-state index contributed by atoms with van der Waals surface area (Å²) in [7, 11) is 0. The van der Waals surface area contributed by atoms with E-state index in [1.54, 1.807) is 0 Å². The third-order valence-electron chi connectivity index (χ3n) is 10.6. The van der Waals surface area contributed by atoms with Crippen LogP contribution in [0, 0.1) is 0 Å². The Bertz CT molecular complexity index is 3180. The Labute approximate surface area is 322 Å². The van der Waals surface area contributed by atoms with Crippen LogP contribution in [0.15, 0.2) is 199 Å². The Morgan fingerprint density at radius 2 is 0.804 bits per heavy atom. The zero-order valence-electron chi connectivity index (χ0n) is 30.2. The second-order valence-electron chi connectivity index (χ2n) is 14.1. The maximum atomic E-state index is 6.63. The van der Waals surface area contributed by atoms with Crippen molar-refractivity contribution in [2.75, 3.05) is 0 Å². The van der Waals surface area contributed by atoms with E-state index >= 15 is 0 Å².